The smallest absolute Gasteiger partial charge is 0.131 e. The third-order valence-electron chi connectivity index (χ3n) is 4.22. The SMILES string of the molecule is C=Nc1sc(C)cc1C(=NC)NCCCc1ccccc1.CNC1CC1. The quantitative estimate of drug-likeness (QED) is 0.432. The van der Waals surface area contributed by atoms with Crippen molar-refractivity contribution in [2.24, 2.45) is 9.98 Å². The number of hydrogen-bond acceptors (Lipinski definition) is 4. The van der Waals surface area contributed by atoms with Crippen molar-refractivity contribution in [1.29, 1.82) is 0 Å². The zero-order valence-corrected chi connectivity index (χ0v) is 16.9. The van der Waals surface area contributed by atoms with Gasteiger partial charge in [-0.05, 0) is 58.0 Å². The second-order valence-electron chi connectivity index (χ2n) is 6.39. The first-order chi connectivity index (χ1) is 12.7. The maximum absolute atomic E-state index is 4.35. The van der Waals surface area contributed by atoms with Crippen LogP contribution in [-0.2, 0) is 6.42 Å². The maximum Gasteiger partial charge on any atom is 0.131 e. The summed E-state index contributed by atoms with van der Waals surface area (Å²) < 4.78 is 0. The van der Waals surface area contributed by atoms with Crippen LogP contribution in [-0.4, -0.2) is 39.2 Å². The normalized spacial score (nSPS) is 13.7. The van der Waals surface area contributed by atoms with Crippen LogP contribution in [0.2, 0.25) is 0 Å². The molecule has 1 heterocycles. The van der Waals surface area contributed by atoms with E-state index in [0.29, 0.717) is 0 Å². The summed E-state index contributed by atoms with van der Waals surface area (Å²) in [6.07, 6.45) is 4.94. The lowest BCUT2D eigenvalue weighted by molar-refractivity contribution is 0.773. The highest BCUT2D eigenvalue weighted by atomic mass is 32.1. The van der Waals surface area contributed by atoms with E-state index in [9.17, 15) is 0 Å². The average molecular weight is 371 g/mol. The van der Waals surface area contributed by atoms with Gasteiger partial charge < -0.3 is 10.6 Å². The second kappa shape index (κ2) is 10.9. The van der Waals surface area contributed by atoms with E-state index in [-0.39, 0.29) is 0 Å². The number of aliphatic imine (C=N–C) groups is 2. The summed E-state index contributed by atoms with van der Waals surface area (Å²) in [6.45, 7) is 6.61. The lowest BCUT2D eigenvalue weighted by atomic mass is 10.1. The zero-order valence-electron chi connectivity index (χ0n) is 16.1. The number of aryl methyl sites for hydroxylation is 2. The minimum Gasteiger partial charge on any atom is -0.370 e. The molecule has 26 heavy (non-hydrogen) atoms. The van der Waals surface area contributed by atoms with E-state index in [1.807, 2.05) is 13.1 Å². The van der Waals surface area contributed by atoms with Gasteiger partial charge in [0.1, 0.15) is 10.8 Å². The molecule has 0 aliphatic heterocycles. The monoisotopic (exact) mass is 370 g/mol. The molecule has 0 radical (unpaired) electrons. The molecule has 0 spiro atoms. The Bertz CT molecular complexity index is 702. The number of nitrogens with one attached hydrogen (secondary N) is 2. The van der Waals surface area contributed by atoms with Crippen molar-refractivity contribution in [2.45, 2.75) is 38.6 Å². The highest BCUT2D eigenvalue weighted by Crippen LogP contribution is 2.30. The van der Waals surface area contributed by atoms with Crippen LogP contribution in [0, 0.1) is 6.92 Å². The number of nitrogens with zero attached hydrogens (tertiary/aromatic N) is 2. The molecule has 5 heteroatoms. The van der Waals surface area contributed by atoms with E-state index < -0.39 is 0 Å². The van der Waals surface area contributed by atoms with E-state index in [2.05, 4.69) is 64.6 Å². The second-order valence-corrected chi connectivity index (χ2v) is 7.62. The fourth-order valence-electron chi connectivity index (χ4n) is 2.60. The summed E-state index contributed by atoms with van der Waals surface area (Å²) in [5, 5.41) is 7.49. The van der Waals surface area contributed by atoms with Crippen molar-refractivity contribution in [3.8, 4) is 0 Å². The molecule has 1 fully saturated rings. The number of benzene rings is 1. The maximum atomic E-state index is 4.35. The summed E-state index contributed by atoms with van der Waals surface area (Å²) in [7, 11) is 3.82. The predicted octanol–water partition coefficient (Wildman–Crippen LogP) is 4.36. The van der Waals surface area contributed by atoms with Crippen LogP contribution >= 0.6 is 11.3 Å². The minimum absolute atomic E-state index is 0.884. The van der Waals surface area contributed by atoms with Crippen LogP contribution in [0.3, 0.4) is 0 Å². The Morgan fingerprint density at radius 1 is 1.27 bits per heavy atom. The van der Waals surface area contributed by atoms with Gasteiger partial charge in [0, 0.05) is 24.5 Å². The standard InChI is InChI=1S/C17H21N3S.C4H9N/c1-13-12-15(17(19-3)21-13)16(18-2)20-11-7-10-14-8-5-4-6-9-14;1-5-4-2-3-4/h4-6,8-9,12H,3,7,10-11H2,1-2H3,(H,18,20);4-5H,2-3H2,1H3. The van der Waals surface area contributed by atoms with Crippen molar-refractivity contribution in [1.82, 2.24) is 10.6 Å². The summed E-state index contributed by atoms with van der Waals surface area (Å²) in [5.74, 6) is 0.898. The summed E-state index contributed by atoms with van der Waals surface area (Å²) in [4.78, 5) is 9.65. The van der Waals surface area contributed by atoms with Crippen molar-refractivity contribution in [2.75, 3.05) is 20.6 Å². The molecule has 2 aromatic rings. The van der Waals surface area contributed by atoms with E-state index in [0.717, 1.165) is 41.8 Å². The van der Waals surface area contributed by atoms with E-state index in [1.54, 1.807) is 18.4 Å². The number of amidine groups is 1. The van der Waals surface area contributed by atoms with Gasteiger partial charge in [-0.3, -0.25) is 9.98 Å². The van der Waals surface area contributed by atoms with Crippen LogP contribution in [0.1, 0.15) is 35.3 Å². The van der Waals surface area contributed by atoms with Crippen LogP contribution in [0.5, 0.6) is 0 Å². The van der Waals surface area contributed by atoms with Gasteiger partial charge in [-0.15, -0.1) is 11.3 Å². The largest absolute Gasteiger partial charge is 0.370 e. The highest BCUT2D eigenvalue weighted by molar-refractivity contribution is 7.16. The lowest BCUT2D eigenvalue weighted by Gasteiger charge is -2.09. The molecule has 3 rings (SSSR count). The molecule has 0 atom stereocenters. The summed E-state index contributed by atoms with van der Waals surface area (Å²) >= 11 is 1.64. The Balaban J connectivity index is 0.000000417. The summed E-state index contributed by atoms with van der Waals surface area (Å²) in [5.41, 5.74) is 2.42. The average Bonchev–Trinajstić information content (AvgIpc) is 3.44. The molecular formula is C21H30N4S. The molecule has 140 valence electrons. The van der Waals surface area contributed by atoms with Gasteiger partial charge in [0.15, 0.2) is 0 Å². The molecule has 1 aromatic carbocycles. The molecule has 4 nitrogen and oxygen atoms in total. The molecule has 1 aliphatic carbocycles. The van der Waals surface area contributed by atoms with Crippen molar-refractivity contribution in [3.63, 3.8) is 0 Å². The summed E-state index contributed by atoms with van der Waals surface area (Å²) in [6, 6.07) is 13.5. The number of hydrogen-bond donors (Lipinski definition) is 2. The van der Waals surface area contributed by atoms with E-state index in [4.69, 9.17) is 0 Å². The van der Waals surface area contributed by atoms with E-state index in [1.165, 1.54) is 23.3 Å². The Morgan fingerprint density at radius 3 is 2.54 bits per heavy atom. The number of thiophene rings is 1. The molecule has 0 amide bonds. The molecule has 0 bridgehead atoms. The Hall–Kier alpha value is -1.98. The zero-order chi connectivity index (χ0) is 18.8. The third-order valence-corrected chi connectivity index (χ3v) is 5.20. The van der Waals surface area contributed by atoms with Crippen LogP contribution in [0.15, 0.2) is 46.4 Å². The lowest BCUT2D eigenvalue weighted by Crippen LogP contribution is -2.25. The molecule has 1 saturated carbocycles. The molecule has 0 saturated heterocycles. The first-order valence-corrected chi connectivity index (χ1v) is 9.99. The fraction of sp³-hybridized carbons (Fsp3) is 0.429. The van der Waals surface area contributed by atoms with Gasteiger partial charge in [-0.2, -0.15) is 0 Å². The van der Waals surface area contributed by atoms with Crippen molar-refractivity contribution >= 4 is 28.9 Å². The van der Waals surface area contributed by atoms with Gasteiger partial charge in [0.05, 0.1) is 5.56 Å². The fourth-order valence-corrected chi connectivity index (χ4v) is 3.41. The first-order valence-electron chi connectivity index (χ1n) is 9.17. The Morgan fingerprint density at radius 2 is 2.00 bits per heavy atom. The van der Waals surface area contributed by atoms with Gasteiger partial charge >= 0.3 is 0 Å². The van der Waals surface area contributed by atoms with Gasteiger partial charge in [-0.1, -0.05) is 30.3 Å². The first kappa shape index (κ1) is 20.3. The van der Waals surface area contributed by atoms with Crippen molar-refractivity contribution < 1.29 is 0 Å². The number of rotatable bonds is 7. The van der Waals surface area contributed by atoms with Crippen molar-refractivity contribution in [3.05, 3.63) is 52.4 Å². The topological polar surface area (TPSA) is 48.8 Å². The molecule has 1 aliphatic rings. The van der Waals surface area contributed by atoms with Crippen LogP contribution in [0.4, 0.5) is 5.00 Å². The molecular weight excluding hydrogens is 340 g/mol. The molecule has 0 unspecified atom stereocenters. The van der Waals surface area contributed by atoms with Gasteiger partial charge in [-0.25, -0.2) is 0 Å². The Labute approximate surface area is 161 Å². The molecule has 1 aromatic heterocycles. The van der Waals surface area contributed by atoms with Crippen LogP contribution < -0.4 is 10.6 Å². The van der Waals surface area contributed by atoms with E-state index >= 15 is 0 Å². The Kier molecular flexibility index (Phi) is 8.51. The van der Waals surface area contributed by atoms with Gasteiger partial charge in [0.25, 0.3) is 0 Å². The third kappa shape index (κ3) is 6.73. The minimum atomic E-state index is 0.884. The highest BCUT2D eigenvalue weighted by Gasteiger charge is 2.17. The molecule has 2 N–H and O–H groups in total. The van der Waals surface area contributed by atoms with Gasteiger partial charge in [0.2, 0.25) is 0 Å². The van der Waals surface area contributed by atoms with Crippen LogP contribution in [0.25, 0.3) is 0 Å². The predicted molar refractivity (Wildman–Crippen MR) is 116 cm³/mol.